The van der Waals surface area contributed by atoms with Crippen molar-refractivity contribution in [1.29, 1.82) is 0 Å². The first-order valence-electron chi connectivity index (χ1n) is 6.87. The highest BCUT2D eigenvalue weighted by atomic mass is 35.5. The molecule has 0 spiro atoms. The molecule has 0 radical (unpaired) electrons. The fraction of sp³-hybridized carbons (Fsp3) is 0.250. The quantitative estimate of drug-likeness (QED) is 0.457. The van der Waals surface area contributed by atoms with Crippen molar-refractivity contribution >= 4 is 46.4 Å². The van der Waals surface area contributed by atoms with E-state index in [1.807, 2.05) is 13.8 Å². The Kier molecular flexibility index (Phi) is 6.69. The van der Waals surface area contributed by atoms with Gasteiger partial charge in [-0.3, -0.25) is 0 Å². The van der Waals surface area contributed by atoms with Gasteiger partial charge < -0.3 is 14.2 Å². The summed E-state index contributed by atoms with van der Waals surface area (Å²) in [5, 5.41) is 1.56. The Bertz CT molecular complexity index is 591. The van der Waals surface area contributed by atoms with Gasteiger partial charge in [-0.1, -0.05) is 46.4 Å². The Morgan fingerprint density at radius 1 is 0.652 bits per heavy atom. The van der Waals surface area contributed by atoms with Crippen LogP contribution in [0.1, 0.15) is 13.8 Å². The van der Waals surface area contributed by atoms with Crippen molar-refractivity contribution in [3.05, 3.63) is 44.4 Å². The van der Waals surface area contributed by atoms with E-state index in [1.54, 1.807) is 24.3 Å². The fourth-order valence-electron chi connectivity index (χ4n) is 1.78. The van der Waals surface area contributed by atoms with Gasteiger partial charge in [0.25, 0.3) is 0 Å². The minimum atomic E-state index is 0.391. The maximum absolute atomic E-state index is 5.91. The summed E-state index contributed by atoms with van der Waals surface area (Å²) in [7, 11) is 0. The molecule has 1 aliphatic heterocycles. The van der Waals surface area contributed by atoms with Gasteiger partial charge in [0.15, 0.2) is 23.0 Å². The third kappa shape index (κ3) is 4.59. The van der Waals surface area contributed by atoms with E-state index in [-0.39, 0.29) is 0 Å². The Balaban J connectivity index is 0.000000338. The van der Waals surface area contributed by atoms with Gasteiger partial charge in [-0.05, 0) is 13.8 Å². The molecule has 0 atom stereocenters. The molecule has 3 rings (SSSR count). The predicted molar refractivity (Wildman–Crippen MR) is 95.2 cm³/mol. The van der Waals surface area contributed by atoms with Crippen molar-refractivity contribution in [3.63, 3.8) is 0 Å². The zero-order valence-electron chi connectivity index (χ0n) is 12.5. The molecule has 2 aromatic carbocycles. The average Bonchev–Trinajstić information content (AvgIpc) is 2.50. The van der Waals surface area contributed by atoms with Gasteiger partial charge in [0, 0.05) is 37.5 Å². The van der Waals surface area contributed by atoms with Gasteiger partial charge >= 0.3 is 0 Å². The van der Waals surface area contributed by atoms with Crippen molar-refractivity contribution in [2.24, 2.45) is 0 Å². The van der Waals surface area contributed by atoms with Crippen molar-refractivity contribution in [1.82, 2.24) is 0 Å². The molecule has 0 bridgehead atoms. The second kappa shape index (κ2) is 8.32. The maximum atomic E-state index is 5.91. The molecule has 0 aliphatic carbocycles. The zero-order chi connectivity index (χ0) is 17.0. The summed E-state index contributed by atoms with van der Waals surface area (Å²) >= 11 is 23.7. The first-order valence-corrected chi connectivity index (χ1v) is 8.39. The number of ether oxygens (including phenoxy) is 3. The first-order chi connectivity index (χ1) is 11.0. The van der Waals surface area contributed by atoms with Crippen LogP contribution in [0.5, 0.6) is 23.0 Å². The molecule has 0 unspecified atom stereocenters. The predicted octanol–water partition coefficient (Wildman–Crippen LogP) is 7.24. The van der Waals surface area contributed by atoms with Crippen LogP contribution in [0.25, 0.3) is 0 Å². The van der Waals surface area contributed by atoms with Crippen LogP contribution < -0.4 is 9.47 Å². The smallest absolute Gasteiger partial charge is 0.171 e. The second-order valence-electron chi connectivity index (χ2n) is 4.41. The van der Waals surface area contributed by atoms with Crippen LogP contribution in [0.15, 0.2) is 24.3 Å². The van der Waals surface area contributed by atoms with E-state index in [0.717, 1.165) is 13.2 Å². The molecule has 2 aromatic rings. The number of hydrogen-bond acceptors (Lipinski definition) is 3. The first kappa shape index (κ1) is 18.5. The lowest BCUT2D eigenvalue weighted by atomic mass is 10.2. The Labute approximate surface area is 155 Å². The lowest BCUT2D eigenvalue weighted by Gasteiger charge is -2.21. The standard InChI is InChI=1S/C12H4Cl4O2.C4H10O/c13-5-1-9-10(2-6(5)14)18-12-4-8(16)7(15)3-11(12)17-9;1-3-5-4-2/h1-4H;3-4H2,1-2H3. The van der Waals surface area contributed by atoms with Crippen LogP contribution in [-0.2, 0) is 4.74 Å². The molecular weight excluding hydrogens is 382 g/mol. The lowest BCUT2D eigenvalue weighted by Crippen LogP contribution is -1.99. The van der Waals surface area contributed by atoms with Gasteiger partial charge in [-0.2, -0.15) is 0 Å². The van der Waals surface area contributed by atoms with Crippen molar-refractivity contribution in [3.8, 4) is 23.0 Å². The van der Waals surface area contributed by atoms with Crippen molar-refractivity contribution in [2.75, 3.05) is 13.2 Å². The molecule has 3 nitrogen and oxygen atoms in total. The Hall–Kier alpha value is -0.840. The molecule has 0 aromatic heterocycles. The van der Waals surface area contributed by atoms with E-state index in [1.165, 1.54) is 0 Å². The Morgan fingerprint density at radius 3 is 1.09 bits per heavy atom. The summed E-state index contributed by atoms with van der Waals surface area (Å²) in [6, 6.07) is 6.35. The second-order valence-corrected chi connectivity index (χ2v) is 6.04. The van der Waals surface area contributed by atoms with Crippen molar-refractivity contribution in [2.45, 2.75) is 13.8 Å². The van der Waals surface area contributed by atoms with Crippen LogP contribution in [0.2, 0.25) is 20.1 Å². The molecular formula is C16H14Cl4O3. The van der Waals surface area contributed by atoms with E-state index in [0.29, 0.717) is 43.1 Å². The Morgan fingerprint density at radius 2 is 0.913 bits per heavy atom. The minimum absolute atomic E-state index is 0.391. The molecule has 1 aliphatic rings. The number of hydrogen-bond donors (Lipinski definition) is 0. The van der Waals surface area contributed by atoms with E-state index in [9.17, 15) is 0 Å². The molecule has 0 fully saturated rings. The van der Waals surface area contributed by atoms with Crippen LogP contribution >= 0.6 is 46.4 Å². The van der Waals surface area contributed by atoms with Gasteiger partial charge in [0.05, 0.1) is 20.1 Å². The molecule has 124 valence electrons. The highest BCUT2D eigenvalue weighted by Crippen LogP contribution is 2.49. The minimum Gasteiger partial charge on any atom is -0.449 e. The molecule has 23 heavy (non-hydrogen) atoms. The maximum Gasteiger partial charge on any atom is 0.171 e. The van der Waals surface area contributed by atoms with Gasteiger partial charge in [0.1, 0.15) is 0 Å². The summed E-state index contributed by atoms with van der Waals surface area (Å²) < 4.78 is 16.1. The largest absolute Gasteiger partial charge is 0.449 e. The number of rotatable bonds is 2. The van der Waals surface area contributed by atoms with Crippen LogP contribution in [0.4, 0.5) is 0 Å². The molecule has 0 amide bonds. The molecule has 0 N–H and O–H groups in total. The zero-order valence-corrected chi connectivity index (χ0v) is 15.5. The summed E-state index contributed by atoms with van der Waals surface area (Å²) in [6.45, 7) is 5.67. The summed E-state index contributed by atoms with van der Waals surface area (Å²) in [4.78, 5) is 0. The van der Waals surface area contributed by atoms with E-state index < -0.39 is 0 Å². The summed E-state index contributed by atoms with van der Waals surface area (Å²) in [5.41, 5.74) is 0. The topological polar surface area (TPSA) is 27.7 Å². The van der Waals surface area contributed by atoms with Gasteiger partial charge in [-0.15, -0.1) is 0 Å². The van der Waals surface area contributed by atoms with E-state index >= 15 is 0 Å². The highest BCUT2D eigenvalue weighted by Gasteiger charge is 2.21. The highest BCUT2D eigenvalue weighted by molar-refractivity contribution is 6.42. The number of fused-ring (bicyclic) bond motifs is 2. The van der Waals surface area contributed by atoms with E-state index in [2.05, 4.69) is 0 Å². The van der Waals surface area contributed by atoms with Crippen LogP contribution in [-0.4, -0.2) is 13.2 Å². The lowest BCUT2D eigenvalue weighted by molar-refractivity contribution is 0.162. The third-order valence-corrected chi connectivity index (χ3v) is 4.27. The van der Waals surface area contributed by atoms with Crippen molar-refractivity contribution < 1.29 is 14.2 Å². The molecule has 7 heteroatoms. The molecule has 1 heterocycles. The monoisotopic (exact) mass is 394 g/mol. The normalized spacial score (nSPS) is 11.4. The van der Waals surface area contributed by atoms with Gasteiger partial charge in [-0.25, -0.2) is 0 Å². The third-order valence-electron chi connectivity index (χ3n) is 2.82. The summed E-state index contributed by atoms with van der Waals surface area (Å²) in [5.74, 6) is 1.93. The fourth-order valence-corrected chi connectivity index (χ4v) is 2.40. The van der Waals surface area contributed by atoms with Gasteiger partial charge in [0.2, 0.25) is 0 Å². The van der Waals surface area contributed by atoms with E-state index in [4.69, 9.17) is 60.6 Å². The van der Waals surface area contributed by atoms with Crippen LogP contribution in [0.3, 0.4) is 0 Å². The molecule has 0 saturated heterocycles. The SMILES string of the molecule is CCOCC.Clc1cc2c(cc1Cl)Oc1cc(Cl)c(Cl)cc1O2. The number of halogens is 4. The number of benzene rings is 2. The molecule has 0 saturated carbocycles. The summed E-state index contributed by atoms with van der Waals surface area (Å²) in [6.07, 6.45) is 0. The van der Waals surface area contributed by atoms with Crippen LogP contribution in [0, 0.1) is 0 Å². The average molecular weight is 396 g/mol.